The molecule has 3 N–H and O–H groups in total. The van der Waals surface area contributed by atoms with Crippen LogP contribution in [-0.4, -0.2) is 63.8 Å². The summed E-state index contributed by atoms with van der Waals surface area (Å²) in [6, 6.07) is 6.98. The quantitative estimate of drug-likeness (QED) is 0.360. The highest BCUT2D eigenvalue weighted by Gasteiger charge is 2.39. The number of hydrogen-bond acceptors (Lipinski definition) is 7. The number of nitrogens with one attached hydrogen (secondary N) is 3. The number of quaternary nitrogens is 1. The number of morpholine rings is 1. The number of hydroxylamine groups is 2. The molecule has 1 saturated heterocycles. The fraction of sp³-hybridized carbons (Fsp3) is 0.429. The van der Waals surface area contributed by atoms with E-state index in [9.17, 15) is 31.5 Å². The smallest absolute Gasteiger partial charge is 0.416 e. The molecule has 8 nitrogen and oxygen atoms in total. The van der Waals surface area contributed by atoms with Crippen molar-refractivity contribution < 1.29 is 45.6 Å². The molecule has 1 fully saturated rings. The minimum atomic E-state index is -5.01. The van der Waals surface area contributed by atoms with Crippen LogP contribution in [0.3, 0.4) is 0 Å². The van der Waals surface area contributed by atoms with Gasteiger partial charge in [-0.05, 0) is 48.0 Å². The Morgan fingerprint density at radius 3 is 2.24 bits per heavy atom. The van der Waals surface area contributed by atoms with Gasteiger partial charge in [-0.2, -0.15) is 26.3 Å². The SMILES string of the molecule is COc1ccc(/C2=C/C(N3CCOCC3)OC3=C(CNCN3)C(Cc3cc(C(F)(F)F)cc(C(F)(F)F)c3)[NH+]2[O-])cc1. The molecule has 2 aromatic carbocycles. The minimum Gasteiger partial charge on any atom is -0.628 e. The third kappa shape index (κ3) is 6.68. The van der Waals surface area contributed by atoms with Gasteiger partial charge in [0.2, 0.25) is 0 Å². The average Bonchev–Trinajstić information content (AvgIpc) is 2.97. The Balaban J connectivity index is 1.61. The van der Waals surface area contributed by atoms with Crippen molar-refractivity contribution in [3.8, 4) is 5.75 Å². The monoisotopic (exact) mass is 600 g/mol. The Labute approximate surface area is 238 Å². The van der Waals surface area contributed by atoms with Gasteiger partial charge in [0.1, 0.15) is 17.5 Å². The molecule has 3 unspecified atom stereocenters. The lowest BCUT2D eigenvalue weighted by Gasteiger charge is -2.42. The number of rotatable bonds is 5. The summed E-state index contributed by atoms with van der Waals surface area (Å²) < 4.78 is 98.9. The second-order valence-electron chi connectivity index (χ2n) is 10.1. The lowest BCUT2D eigenvalue weighted by Crippen LogP contribution is -3.09. The van der Waals surface area contributed by atoms with E-state index >= 15 is 0 Å². The number of benzene rings is 2. The summed E-state index contributed by atoms with van der Waals surface area (Å²) in [5.74, 6) is 0.820. The molecule has 5 rings (SSSR count). The highest BCUT2D eigenvalue weighted by atomic mass is 19.4. The number of methoxy groups -OCH3 is 1. The van der Waals surface area contributed by atoms with Gasteiger partial charge >= 0.3 is 12.4 Å². The first-order valence-corrected chi connectivity index (χ1v) is 13.3. The van der Waals surface area contributed by atoms with Gasteiger partial charge in [-0.1, -0.05) is 0 Å². The molecular weight excluding hydrogens is 570 g/mol. The maximum absolute atomic E-state index is 14.4. The predicted molar refractivity (Wildman–Crippen MR) is 140 cm³/mol. The fourth-order valence-electron chi connectivity index (χ4n) is 5.27. The number of nitrogens with zero attached hydrogens (tertiary/aromatic N) is 1. The van der Waals surface area contributed by atoms with Gasteiger partial charge in [0.15, 0.2) is 12.1 Å². The molecule has 228 valence electrons. The molecule has 0 aliphatic carbocycles. The number of alkyl halides is 6. The van der Waals surface area contributed by atoms with Gasteiger partial charge in [0.25, 0.3) is 0 Å². The lowest BCUT2D eigenvalue weighted by atomic mass is 9.93. The topological polar surface area (TPSA) is 82.5 Å². The maximum atomic E-state index is 14.4. The molecular formula is C28H30F6N4O4. The van der Waals surface area contributed by atoms with E-state index in [4.69, 9.17) is 14.2 Å². The summed E-state index contributed by atoms with van der Waals surface area (Å²) in [5.41, 5.74) is -1.99. The average molecular weight is 601 g/mol. The number of ether oxygens (including phenoxy) is 3. The zero-order valence-corrected chi connectivity index (χ0v) is 22.6. The molecule has 2 aromatic rings. The van der Waals surface area contributed by atoms with Crippen molar-refractivity contribution in [2.75, 3.05) is 46.6 Å². The van der Waals surface area contributed by atoms with Crippen LogP contribution < -0.4 is 20.4 Å². The van der Waals surface area contributed by atoms with Gasteiger partial charge in [-0.15, -0.1) is 0 Å². The van der Waals surface area contributed by atoms with Gasteiger partial charge in [0, 0.05) is 37.7 Å². The van der Waals surface area contributed by atoms with Crippen LogP contribution in [0.25, 0.3) is 5.70 Å². The van der Waals surface area contributed by atoms with Crippen molar-refractivity contribution in [1.82, 2.24) is 15.5 Å². The van der Waals surface area contributed by atoms with Crippen molar-refractivity contribution >= 4 is 5.70 Å². The summed E-state index contributed by atoms with van der Waals surface area (Å²) in [4.78, 5) is 2.00. The van der Waals surface area contributed by atoms with E-state index in [-0.39, 0.29) is 29.8 Å². The van der Waals surface area contributed by atoms with E-state index in [2.05, 4.69) is 10.6 Å². The molecule has 3 aliphatic heterocycles. The molecule has 0 bridgehead atoms. The van der Waals surface area contributed by atoms with Crippen molar-refractivity contribution in [3.05, 3.63) is 87.5 Å². The molecule has 0 amide bonds. The summed E-state index contributed by atoms with van der Waals surface area (Å²) in [6.45, 7) is 2.42. The van der Waals surface area contributed by atoms with Gasteiger partial charge < -0.3 is 29.8 Å². The molecule has 0 spiro atoms. The van der Waals surface area contributed by atoms with Gasteiger partial charge in [-0.3, -0.25) is 10.2 Å². The summed E-state index contributed by atoms with van der Waals surface area (Å²) in [5, 5.41) is 20.1. The van der Waals surface area contributed by atoms with Crippen LogP contribution in [-0.2, 0) is 28.2 Å². The summed E-state index contributed by atoms with van der Waals surface area (Å²) in [6.07, 6.45) is -9.46. The summed E-state index contributed by atoms with van der Waals surface area (Å²) in [7, 11) is 1.49. The van der Waals surface area contributed by atoms with Crippen LogP contribution in [0.15, 0.2) is 60.0 Å². The van der Waals surface area contributed by atoms with Crippen LogP contribution in [0, 0.1) is 5.21 Å². The van der Waals surface area contributed by atoms with Crippen LogP contribution in [0.4, 0.5) is 26.3 Å². The normalized spacial score (nSPS) is 25.3. The summed E-state index contributed by atoms with van der Waals surface area (Å²) >= 11 is 0. The van der Waals surface area contributed by atoms with E-state index in [1.54, 1.807) is 30.3 Å². The molecule has 0 aromatic heterocycles. The molecule has 3 atom stereocenters. The van der Waals surface area contributed by atoms with Crippen molar-refractivity contribution in [2.45, 2.75) is 31.0 Å². The van der Waals surface area contributed by atoms with Crippen LogP contribution in [0.1, 0.15) is 22.3 Å². The number of hydrogen-bond donors (Lipinski definition) is 3. The molecule has 3 aliphatic rings. The van der Waals surface area contributed by atoms with Gasteiger partial charge in [-0.25, -0.2) is 0 Å². The Bertz CT molecular complexity index is 1290. The van der Waals surface area contributed by atoms with E-state index in [1.807, 2.05) is 4.90 Å². The number of halogens is 6. The zero-order valence-electron chi connectivity index (χ0n) is 22.6. The van der Waals surface area contributed by atoms with Crippen molar-refractivity contribution in [2.24, 2.45) is 0 Å². The Morgan fingerprint density at radius 2 is 1.64 bits per heavy atom. The Hall–Kier alpha value is -3.30. The molecule has 0 saturated carbocycles. The first-order valence-electron chi connectivity index (χ1n) is 13.3. The van der Waals surface area contributed by atoms with Crippen LogP contribution >= 0.6 is 0 Å². The molecule has 42 heavy (non-hydrogen) atoms. The largest absolute Gasteiger partial charge is 0.628 e. The first-order chi connectivity index (χ1) is 19.9. The minimum absolute atomic E-state index is 0.0800. The van der Waals surface area contributed by atoms with Crippen LogP contribution in [0.5, 0.6) is 5.75 Å². The van der Waals surface area contributed by atoms with Crippen LogP contribution in [0.2, 0.25) is 0 Å². The van der Waals surface area contributed by atoms with Gasteiger partial charge in [0.05, 0.1) is 43.7 Å². The molecule has 0 radical (unpaired) electrons. The fourth-order valence-corrected chi connectivity index (χ4v) is 5.27. The zero-order chi connectivity index (χ0) is 30.1. The third-order valence-corrected chi connectivity index (χ3v) is 7.43. The van der Waals surface area contributed by atoms with E-state index in [1.165, 1.54) is 7.11 Å². The van der Waals surface area contributed by atoms with E-state index < -0.39 is 47.2 Å². The first kappa shape index (κ1) is 30.2. The Morgan fingerprint density at radius 1 is 1.00 bits per heavy atom. The maximum Gasteiger partial charge on any atom is 0.416 e. The van der Waals surface area contributed by atoms with Crippen molar-refractivity contribution in [3.63, 3.8) is 0 Å². The standard InChI is InChI=1S/C28H30F6N4O4/c1-40-21-4-2-18(3-5-21)23-14-25(37-6-8-41-9-7-37)42-26-22(15-35-16-36-26)24(38(23)39)12-17-10-19(27(29,30)31)13-20(11-17)28(32,33)34/h2-5,10-11,13-14,24-25,35-36,38H,6-9,12,15-16H2,1H3/b23-14-. The molecule has 3 heterocycles. The second-order valence-corrected chi connectivity index (χ2v) is 10.1. The van der Waals surface area contributed by atoms with Crippen molar-refractivity contribution in [1.29, 1.82) is 0 Å². The molecule has 14 heteroatoms. The third-order valence-electron chi connectivity index (χ3n) is 7.43. The van der Waals surface area contributed by atoms with E-state index in [0.29, 0.717) is 62.0 Å². The highest BCUT2D eigenvalue weighted by molar-refractivity contribution is 5.60. The second kappa shape index (κ2) is 12.1. The lowest BCUT2D eigenvalue weighted by molar-refractivity contribution is -0.793. The highest BCUT2D eigenvalue weighted by Crippen LogP contribution is 2.37. The van der Waals surface area contributed by atoms with E-state index in [0.717, 1.165) is 0 Å². The predicted octanol–water partition coefficient (Wildman–Crippen LogP) is 3.12. The Kier molecular flexibility index (Phi) is 8.71.